The van der Waals surface area contributed by atoms with Crippen LogP contribution in [0.4, 0.5) is 0 Å². The Labute approximate surface area is 88.4 Å². The van der Waals surface area contributed by atoms with E-state index in [2.05, 4.69) is 12.2 Å². The Morgan fingerprint density at radius 3 is 2.64 bits per heavy atom. The van der Waals surface area contributed by atoms with Gasteiger partial charge in [0.05, 0.1) is 0 Å². The molecular weight excluding hydrogens is 174 g/mol. The summed E-state index contributed by atoms with van der Waals surface area (Å²) in [4.78, 5) is 0. The van der Waals surface area contributed by atoms with Crippen molar-refractivity contribution in [2.24, 2.45) is 5.92 Å². The molecule has 2 heteroatoms. The highest BCUT2D eigenvalue weighted by atomic mass is 16.5. The minimum absolute atomic E-state index is 0.808. The summed E-state index contributed by atoms with van der Waals surface area (Å²) in [6, 6.07) is 0.808. The van der Waals surface area contributed by atoms with Crippen molar-refractivity contribution < 1.29 is 4.74 Å². The Balaban J connectivity index is 1.96. The predicted molar refractivity (Wildman–Crippen MR) is 60.5 cm³/mol. The van der Waals surface area contributed by atoms with Gasteiger partial charge in [-0.1, -0.05) is 19.8 Å². The van der Waals surface area contributed by atoms with Crippen molar-refractivity contribution in [1.29, 1.82) is 0 Å². The topological polar surface area (TPSA) is 21.3 Å². The summed E-state index contributed by atoms with van der Waals surface area (Å²) in [5, 5.41) is 3.60. The van der Waals surface area contributed by atoms with Crippen molar-refractivity contribution >= 4 is 0 Å². The summed E-state index contributed by atoms with van der Waals surface area (Å²) in [6.45, 7) is 4.26. The number of hydrogen-bond donors (Lipinski definition) is 1. The maximum absolute atomic E-state index is 5.04. The average molecular weight is 199 g/mol. The standard InChI is InChI=1S/C12H25NO/c1-3-13-12(11-8-9-11)7-5-4-6-10-14-2/h11-13H,3-10H2,1-2H3. The van der Waals surface area contributed by atoms with Crippen LogP contribution in [0.15, 0.2) is 0 Å². The smallest absolute Gasteiger partial charge is 0.0462 e. The van der Waals surface area contributed by atoms with Gasteiger partial charge in [0.2, 0.25) is 0 Å². The minimum atomic E-state index is 0.808. The zero-order chi connectivity index (χ0) is 10.2. The first-order valence-corrected chi connectivity index (χ1v) is 6.10. The zero-order valence-corrected chi connectivity index (χ0v) is 9.72. The van der Waals surface area contributed by atoms with Crippen molar-refractivity contribution in [2.45, 2.75) is 51.5 Å². The van der Waals surface area contributed by atoms with E-state index in [1.807, 2.05) is 0 Å². The van der Waals surface area contributed by atoms with Gasteiger partial charge in [0.1, 0.15) is 0 Å². The van der Waals surface area contributed by atoms with Gasteiger partial charge in [-0.3, -0.25) is 0 Å². The van der Waals surface area contributed by atoms with Gasteiger partial charge in [0.15, 0.2) is 0 Å². The summed E-state index contributed by atoms with van der Waals surface area (Å²) < 4.78 is 5.04. The lowest BCUT2D eigenvalue weighted by atomic mass is 10.0. The second-order valence-electron chi connectivity index (χ2n) is 4.34. The zero-order valence-electron chi connectivity index (χ0n) is 9.72. The van der Waals surface area contributed by atoms with E-state index in [1.54, 1.807) is 7.11 Å². The van der Waals surface area contributed by atoms with Crippen molar-refractivity contribution in [1.82, 2.24) is 5.32 Å². The van der Waals surface area contributed by atoms with Gasteiger partial charge in [-0.2, -0.15) is 0 Å². The summed E-state index contributed by atoms with van der Waals surface area (Å²) >= 11 is 0. The molecule has 1 unspecified atom stereocenters. The fourth-order valence-electron chi connectivity index (χ4n) is 2.05. The molecule has 0 aromatic carbocycles. The summed E-state index contributed by atoms with van der Waals surface area (Å²) in [6.07, 6.45) is 8.17. The van der Waals surface area contributed by atoms with Crippen LogP contribution in [0.2, 0.25) is 0 Å². The highest BCUT2D eigenvalue weighted by Crippen LogP contribution is 2.34. The molecule has 0 aliphatic heterocycles. The number of hydrogen-bond acceptors (Lipinski definition) is 2. The van der Waals surface area contributed by atoms with Crippen LogP contribution in [-0.2, 0) is 4.74 Å². The van der Waals surface area contributed by atoms with Crippen molar-refractivity contribution in [3.63, 3.8) is 0 Å². The van der Waals surface area contributed by atoms with E-state index in [-0.39, 0.29) is 0 Å². The van der Waals surface area contributed by atoms with Crippen molar-refractivity contribution in [3.05, 3.63) is 0 Å². The van der Waals surface area contributed by atoms with Crippen LogP contribution in [0.1, 0.15) is 45.4 Å². The Kier molecular flexibility index (Phi) is 6.20. The monoisotopic (exact) mass is 199 g/mol. The third-order valence-corrected chi connectivity index (χ3v) is 3.02. The van der Waals surface area contributed by atoms with E-state index in [1.165, 1.54) is 38.5 Å². The number of ether oxygens (including phenoxy) is 1. The first-order chi connectivity index (χ1) is 6.88. The molecule has 2 nitrogen and oxygen atoms in total. The number of rotatable bonds is 9. The van der Waals surface area contributed by atoms with Crippen molar-refractivity contribution in [2.75, 3.05) is 20.3 Å². The molecule has 1 rings (SSSR count). The summed E-state index contributed by atoms with van der Waals surface area (Å²) in [5.74, 6) is 0.998. The normalized spacial score (nSPS) is 18.4. The van der Waals surface area contributed by atoms with Gasteiger partial charge < -0.3 is 10.1 Å². The minimum Gasteiger partial charge on any atom is -0.385 e. The molecule has 0 aromatic rings. The largest absolute Gasteiger partial charge is 0.385 e. The lowest BCUT2D eigenvalue weighted by Gasteiger charge is -2.16. The number of unbranched alkanes of at least 4 members (excludes halogenated alkanes) is 2. The highest BCUT2D eigenvalue weighted by Gasteiger charge is 2.29. The summed E-state index contributed by atoms with van der Waals surface area (Å²) in [5.41, 5.74) is 0. The van der Waals surface area contributed by atoms with E-state index < -0.39 is 0 Å². The maximum atomic E-state index is 5.04. The van der Waals surface area contributed by atoms with Crippen LogP contribution in [-0.4, -0.2) is 26.3 Å². The van der Waals surface area contributed by atoms with Crippen LogP contribution in [0.25, 0.3) is 0 Å². The SMILES string of the molecule is CCNC(CCCCCOC)C1CC1. The second-order valence-corrected chi connectivity index (χ2v) is 4.34. The molecule has 1 fully saturated rings. The molecule has 1 aliphatic rings. The van der Waals surface area contributed by atoms with Gasteiger partial charge in [-0.05, 0) is 38.1 Å². The molecule has 0 spiro atoms. The molecule has 0 saturated heterocycles. The van der Waals surface area contributed by atoms with Gasteiger partial charge in [-0.25, -0.2) is 0 Å². The first kappa shape index (κ1) is 12.0. The quantitative estimate of drug-likeness (QED) is 0.576. The Hall–Kier alpha value is -0.0800. The average Bonchev–Trinajstić information content (AvgIpc) is 2.99. The van der Waals surface area contributed by atoms with Crippen molar-refractivity contribution in [3.8, 4) is 0 Å². The molecule has 0 bridgehead atoms. The second kappa shape index (κ2) is 7.24. The van der Waals surface area contributed by atoms with Crippen LogP contribution < -0.4 is 5.32 Å². The fourth-order valence-corrected chi connectivity index (χ4v) is 2.05. The van der Waals surface area contributed by atoms with E-state index in [0.29, 0.717) is 0 Å². The van der Waals surface area contributed by atoms with Gasteiger partial charge in [-0.15, -0.1) is 0 Å². The third kappa shape index (κ3) is 4.97. The van der Waals surface area contributed by atoms with Gasteiger partial charge in [0.25, 0.3) is 0 Å². The highest BCUT2D eigenvalue weighted by molar-refractivity contribution is 4.85. The Bertz CT molecular complexity index is 134. The molecule has 14 heavy (non-hydrogen) atoms. The number of nitrogens with one attached hydrogen (secondary N) is 1. The predicted octanol–water partition coefficient (Wildman–Crippen LogP) is 2.58. The third-order valence-electron chi connectivity index (χ3n) is 3.02. The number of methoxy groups -OCH3 is 1. The molecule has 1 atom stereocenters. The molecule has 1 N–H and O–H groups in total. The van der Waals surface area contributed by atoms with Crippen LogP contribution in [0.3, 0.4) is 0 Å². The van der Waals surface area contributed by atoms with E-state index >= 15 is 0 Å². The molecule has 0 radical (unpaired) electrons. The lowest BCUT2D eigenvalue weighted by molar-refractivity contribution is 0.191. The molecule has 0 amide bonds. The summed E-state index contributed by atoms with van der Waals surface area (Å²) in [7, 11) is 1.78. The van der Waals surface area contributed by atoms with E-state index in [0.717, 1.165) is 25.1 Å². The maximum Gasteiger partial charge on any atom is 0.0462 e. The Morgan fingerprint density at radius 1 is 1.29 bits per heavy atom. The fraction of sp³-hybridized carbons (Fsp3) is 1.00. The van der Waals surface area contributed by atoms with E-state index in [4.69, 9.17) is 4.74 Å². The van der Waals surface area contributed by atoms with Crippen LogP contribution in [0.5, 0.6) is 0 Å². The van der Waals surface area contributed by atoms with E-state index in [9.17, 15) is 0 Å². The lowest BCUT2D eigenvalue weighted by Crippen LogP contribution is -2.30. The molecule has 84 valence electrons. The molecule has 1 saturated carbocycles. The van der Waals surface area contributed by atoms with Gasteiger partial charge in [0, 0.05) is 19.8 Å². The van der Waals surface area contributed by atoms with Crippen LogP contribution >= 0.6 is 0 Å². The first-order valence-electron chi connectivity index (χ1n) is 6.10. The van der Waals surface area contributed by atoms with Gasteiger partial charge >= 0.3 is 0 Å². The molecule has 1 aliphatic carbocycles. The molecule has 0 heterocycles. The molecular formula is C12H25NO. The Morgan fingerprint density at radius 2 is 2.07 bits per heavy atom. The molecule has 0 aromatic heterocycles. The van der Waals surface area contributed by atoms with Crippen LogP contribution in [0, 0.1) is 5.92 Å².